The van der Waals surface area contributed by atoms with Crippen molar-refractivity contribution in [2.75, 3.05) is 0 Å². The molecule has 2 aromatic carbocycles. The average molecular weight is 268 g/mol. The average Bonchev–Trinajstić information content (AvgIpc) is 2.32. The van der Waals surface area contributed by atoms with E-state index >= 15 is 0 Å². The highest BCUT2D eigenvalue weighted by Crippen LogP contribution is 2.32. The quantitative estimate of drug-likeness (QED) is 0.906. The maximum Gasteiger partial charge on any atom is 0.123 e. The van der Waals surface area contributed by atoms with E-state index in [-0.39, 0.29) is 5.82 Å². The van der Waals surface area contributed by atoms with Crippen LogP contribution in [0.4, 0.5) is 4.39 Å². The summed E-state index contributed by atoms with van der Waals surface area (Å²) in [5.41, 5.74) is 6.69. The van der Waals surface area contributed by atoms with E-state index in [1.54, 1.807) is 12.1 Å². The molecule has 0 spiro atoms. The third-order valence-corrected chi connectivity index (χ3v) is 3.63. The number of hydrogen-bond donors (Lipinski definition) is 1. The van der Waals surface area contributed by atoms with E-state index in [1.807, 2.05) is 18.2 Å². The lowest BCUT2D eigenvalue weighted by molar-refractivity contribution is 0.626. The SMILES string of the molecule is NCc1ccc(Cl)cc1Sc1ccc(F)cc1. The van der Waals surface area contributed by atoms with E-state index in [2.05, 4.69) is 0 Å². The first-order valence-corrected chi connectivity index (χ1v) is 6.30. The fraction of sp³-hybridized carbons (Fsp3) is 0.0769. The molecule has 0 amide bonds. The second-order valence-corrected chi connectivity index (χ2v) is 5.06. The molecule has 0 radical (unpaired) electrons. The van der Waals surface area contributed by atoms with Gasteiger partial charge in [-0.25, -0.2) is 4.39 Å². The van der Waals surface area contributed by atoms with Crippen molar-refractivity contribution in [3.05, 3.63) is 58.9 Å². The molecule has 0 aliphatic carbocycles. The van der Waals surface area contributed by atoms with Crippen LogP contribution in [-0.2, 0) is 6.54 Å². The Bertz CT molecular complexity index is 513. The minimum absolute atomic E-state index is 0.237. The van der Waals surface area contributed by atoms with Gasteiger partial charge in [0.1, 0.15) is 5.82 Å². The van der Waals surface area contributed by atoms with Crippen LogP contribution in [0.15, 0.2) is 52.3 Å². The van der Waals surface area contributed by atoms with Gasteiger partial charge in [0.05, 0.1) is 0 Å². The maximum atomic E-state index is 12.8. The summed E-state index contributed by atoms with van der Waals surface area (Å²) in [4.78, 5) is 1.97. The molecule has 0 aliphatic heterocycles. The van der Waals surface area contributed by atoms with Gasteiger partial charge in [-0.2, -0.15) is 0 Å². The van der Waals surface area contributed by atoms with Crippen LogP contribution in [0.5, 0.6) is 0 Å². The highest BCUT2D eigenvalue weighted by atomic mass is 35.5. The Hall–Kier alpha value is -1.03. The lowest BCUT2D eigenvalue weighted by Gasteiger charge is -2.07. The summed E-state index contributed by atoms with van der Waals surface area (Å²) in [7, 11) is 0. The van der Waals surface area contributed by atoms with E-state index in [4.69, 9.17) is 17.3 Å². The number of nitrogens with two attached hydrogens (primary N) is 1. The van der Waals surface area contributed by atoms with Crippen molar-refractivity contribution in [2.45, 2.75) is 16.3 Å². The standard InChI is InChI=1S/C13H11ClFNS/c14-10-2-1-9(8-16)13(7-10)17-12-5-3-11(15)4-6-12/h1-7H,8,16H2. The highest BCUT2D eigenvalue weighted by Gasteiger charge is 2.04. The molecule has 2 rings (SSSR count). The lowest BCUT2D eigenvalue weighted by atomic mass is 10.2. The Morgan fingerprint density at radius 2 is 1.82 bits per heavy atom. The molecule has 2 N–H and O–H groups in total. The molecule has 0 heterocycles. The molecule has 4 heteroatoms. The summed E-state index contributed by atoms with van der Waals surface area (Å²) in [6, 6.07) is 12.0. The number of hydrogen-bond acceptors (Lipinski definition) is 2. The molecule has 2 aromatic rings. The summed E-state index contributed by atoms with van der Waals surface area (Å²) in [6.07, 6.45) is 0. The summed E-state index contributed by atoms with van der Waals surface area (Å²) in [6.45, 7) is 0.459. The van der Waals surface area contributed by atoms with Crippen LogP contribution in [0.1, 0.15) is 5.56 Å². The van der Waals surface area contributed by atoms with Gasteiger partial charge in [0.2, 0.25) is 0 Å². The molecule has 0 atom stereocenters. The molecule has 0 saturated carbocycles. The molecule has 17 heavy (non-hydrogen) atoms. The van der Waals surface area contributed by atoms with E-state index in [9.17, 15) is 4.39 Å². The zero-order chi connectivity index (χ0) is 12.3. The van der Waals surface area contributed by atoms with Crippen molar-refractivity contribution in [1.29, 1.82) is 0 Å². The van der Waals surface area contributed by atoms with E-state index < -0.39 is 0 Å². The van der Waals surface area contributed by atoms with Crippen molar-refractivity contribution in [2.24, 2.45) is 5.73 Å². The molecule has 1 nitrogen and oxygen atoms in total. The minimum Gasteiger partial charge on any atom is -0.326 e. The van der Waals surface area contributed by atoms with Gasteiger partial charge in [0, 0.05) is 21.4 Å². The van der Waals surface area contributed by atoms with Gasteiger partial charge >= 0.3 is 0 Å². The van der Waals surface area contributed by atoms with Crippen LogP contribution in [0.25, 0.3) is 0 Å². The topological polar surface area (TPSA) is 26.0 Å². The molecule has 0 bridgehead atoms. The zero-order valence-electron chi connectivity index (χ0n) is 8.99. The van der Waals surface area contributed by atoms with Crippen molar-refractivity contribution in [3.63, 3.8) is 0 Å². The Morgan fingerprint density at radius 1 is 1.12 bits per heavy atom. The molecule has 88 valence electrons. The summed E-state index contributed by atoms with van der Waals surface area (Å²) < 4.78 is 12.8. The van der Waals surface area contributed by atoms with Gasteiger partial charge in [0.15, 0.2) is 0 Å². The zero-order valence-corrected chi connectivity index (χ0v) is 10.6. The van der Waals surface area contributed by atoms with Crippen LogP contribution in [0, 0.1) is 5.82 Å². The molecule has 0 aromatic heterocycles. The first-order chi connectivity index (χ1) is 8.19. The Labute approximate surface area is 109 Å². The van der Waals surface area contributed by atoms with Crippen LogP contribution >= 0.6 is 23.4 Å². The molecule has 0 aliphatic rings. The van der Waals surface area contributed by atoms with Crippen molar-refractivity contribution >= 4 is 23.4 Å². The Balaban J connectivity index is 2.28. The second kappa shape index (κ2) is 5.54. The van der Waals surface area contributed by atoms with Gasteiger partial charge in [-0.3, -0.25) is 0 Å². The molecular weight excluding hydrogens is 257 g/mol. The van der Waals surface area contributed by atoms with Crippen molar-refractivity contribution < 1.29 is 4.39 Å². The molecule has 0 saturated heterocycles. The van der Waals surface area contributed by atoms with Crippen molar-refractivity contribution in [3.8, 4) is 0 Å². The third-order valence-electron chi connectivity index (χ3n) is 2.29. The number of benzene rings is 2. The largest absolute Gasteiger partial charge is 0.326 e. The van der Waals surface area contributed by atoms with Gasteiger partial charge in [-0.05, 0) is 42.0 Å². The number of rotatable bonds is 3. The van der Waals surface area contributed by atoms with Gasteiger partial charge in [-0.1, -0.05) is 29.4 Å². The number of halogens is 2. The van der Waals surface area contributed by atoms with Crippen LogP contribution < -0.4 is 5.73 Å². The van der Waals surface area contributed by atoms with E-state index in [1.165, 1.54) is 23.9 Å². The first-order valence-electron chi connectivity index (χ1n) is 5.11. The predicted molar refractivity (Wildman–Crippen MR) is 69.9 cm³/mol. The van der Waals surface area contributed by atoms with Crippen LogP contribution in [0.2, 0.25) is 5.02 Å². The fourth-order valence-corrected chi connectivity index (χ4v) is 2.65. The van der Waals surface area contributed by atoms with Crippen molar-refractivity contribution in [1.82, 2.24) is 0 Å². The monoisotopic (exact) mass is 267 g/mol. The second-order valence-electron chi connectivity index (χ2n) is 3.51. The Kier molecular flexibility index (Phi) is 4.05. The van der Waals surface area contributed by atoms with Gasteiger partial charge < -0.3 is 5.73 Å². The smallest absolute Gasteiger partial charge is 0.123 e. The van der Waals surface area contributed by atoms with E-state index in [0.717, 1.165) is 15.4 Å². The molecular formula is C13H11ClFNS. The molecule has 0 fully saturated rings. The normalized spacial score (nSPS) is 10.5. The van der Waals surface area contributed by atoms with Gasteiger partial charge in [0.25, 0.3) is 0 Å². The van der Waals surface area contributed by atoms with Crippen LogP contribution in [0.3, 0.4) is 0 Å². The lowest BCUT2D eigenvalue weighted by Crippen LogP contribution is -1.97. The molecule has 0 unspecified atom stereocenters. The van der Waals surface area contributed by atoms with Crippen LogP contribution in [-0.4, -0.2) is 0 Å². The summed E-state index contributed by atoms with van der Waals surface area (Å²) in [5.74, 6) is -0.237. The van der Waals surface area contributed by atoms with E-state index in [0.29, 0.717) is 11.6 Å². The summed E-state index contributed by atoms with van der Waals surface area (Å²) in [5, 5.41) is 0.673. The van der Waals surface area contributed by atoms with Gasteiger partial charge in [-0.15, -0.1) is 0 Å². The minimum atomic E-state index is -0.237. The summed E-state index contributed by atoms with van der Waals surface area (Å²) >= 11 is 7.48. The fourth-order valence-electron chi connectivity index (χ4n) is 1.42. The Morgan fingerprint density at radius 3 is 2.47 bits per heavy atom. The first kappa shape index (κ1) is 12.4. The highest BCUT2D eigenvalue weighted by molar-refractivity contribution is 7.99. The predicted octanol–water partition coefficient (Wildman–Crippen LogP) is 4.09. The maximum absolute atomic E-state index is 12.8. The third kappa shape index (κ3) is 3.22.